The van der Waals surface area contributed by atoms with Gasteiger partial charge in [-0.05, 0) is 31.5 Å². The summed E-state index contributed by atoms with van der Waals surface area (Å²) in [6.07, 6.45) is 0. The number of aryl methyl sites for hydroxylation is 2. The van der Waals surface area contributed by atoms with E-state index in [-0.39, 0.29) is 5.76 Å². The Morgan fingerprint density at radius 1 is 1.35 bits per heavy atom. The zero-order valence-corrected chi connectivity index (χ0v) is 9.45. The molecular weight excluding hydrogens is 223 g/mol. The summed E-state index contributed by atoms with van der Waals surface area (Å²) in [7, 11) is 0. The van der Waals surface area contributed by atoms with Gasteiger partial charge in [0, 0.05) is 11.8 Å². The molecule has 0 atom stereocenters. The first-order chi connectivity index (χ1) is 8.06. The number of benzene rings is 1. The third kappa shape index (κ3) is 2.50. The predicted molar refractivity (Wildman–Crippen MR) is 60.3 cm³/mol. The molecule has 1 aromatic heterocycles. The second-order valence-electron chi connectivity index (χ2n) is 3.75. The number of nitrogens with one attached hydrogen (secondary N) is 1. The highest BCUT2D eigenvalue weighted by Gasteiger charge is 2.13. The molecule has 0 bridgehead atoms. The average Bonchev–Trinajstić information content (AvgIpc) is 2.70. The summed E-state index contributed by atoms with van der Waals surface area (Å²) in [5.41, 5.74) is 1.81. The summed E-state index contributed by atoms with van der Waals surface area (Å²) in [5, 5.41) is 6.18. The number of aromatic nitrogens is 1. The fourth-order valence-electron chi connectivity index (χ4n) is 1.38. The van der Waals surface area contributed by atoms with Gasteiger partial charge < -0.3 is 9.84 Å². The summed E-state index contributed by atoms with van der Waals surface area (Å²) in [4.78, 5) is 11.7. The lowest BCUT2D eigenvalue weighted by Gasteiger charge is -2.06. The molecule has 1 heterocycles. The fraction of sp³-hybridized carbons (Fsp3) is 0.167. The Hall–Kier alpha value is -2.17. The lowest BCUT2D eigenvalue weighted by atomic mass is 10.2. The summed E-state index contributed by atoms with van der Waals surface area (Å²) in [6.45, 7) is 3.49. The van der Waals surface area contributed by atoms with Crippen LogP contribution in [0.5, 0.6) is 0 Å². The second-order valence-corrected chi connectivity index (χ2v) is 3.75. The van der Waals surface area contributed by atoms with Crippen molar-refractivity contribution in [1.82, 2.24) is 5.16 Å². The first kappa shape index (κ1) is 11.3. The van der Waals surface area contributed by atoms with Gasteiger partial charge >= 0.3 is 0 Å². The molecule has 0 aliphatic rings. The minimum absolute atomic E-state index is 0.103. The van der Waals surface area contributed by atoms with Crippen molar-refractivity contribution in [2.75, 3.05) is 5.32 Å². The van der Waals surface area contributed by atoms with E-state index in [4.69, 9.17) is 4.52 Å². The van der Waals surface area contributed by atoms with Crippen molar-refractivity contribution in [2.24, 2.45) is 0 Å². The molecule has 2 rings (SSSR count). The van der Waals surface area contributed by atoms with Crippen LogP contribution >= 0.6 is 0 Å². The SMILES string of the molecule is Cc1cc(C(=O)Nc2cc(F)ccc2C)on1. The van der Waals surface area contributed by atoms with E-state index in [0.717, 1.165) is 5.56 Å². The van der Waals surface area contributed by atoms with E-state index < -0.39 is 11.7 Å². The topological polar surface area (TPSA) is 55.1 Å². The molecule has 0 saturated carbocycles. The van der Waals surface area contributed by atoms with Gasteiger partial charge in [0.1, 0.15) is 5.82 Å². The van der Waals surface area contributed by atoms with Gasteiger partial charge in [-0.2, -0.15) is 0 Å². The fourth-order valence-corrected chi connectivity index (χ4v) is 1.38. The number of hydrogen-bond donors (Lipinski definition) is 1. The van der Waals surface area contributed by atoms with Crippen LogP contribution in [-0.4, -0.2) is 11.1 Å². The Balaban J connectivity index is 2.21. The quantitative estimate of drug-likeness (QED) is 0.869. The third-order valence-corrected chi connectivity index (χ3v) is 2.30. The summed E-state index contributed by atoms with van der Waals surface area (Å²) in [6, 6.07) is 5.71. The van der Waals surface area contributed by atoms with Crippen LogP contribution in [0.3, 0.4) is 0 Å². The largest absolute Gasteiger partial charge is 0.351 e. The Morgan fingerprint density at radius 3 is 2.76 bits per heavy atom. The molecule has 4 nitrogen and oxygen atoms in total. The Bertz CT molecular complexity index is 563. The highest BCUT2D eigenvalue weighted by atomic mass is 19.1. The standard InChI is InChI=1S/C12H11FN2O2/c1-7-3-4-9(13)6-10(7)14-12(16)11-5-8(2)15-17-11/h3-6H,1-2H3,(H,14,16). The highest BCUT2D eigenvalue weighted by Crippen LogP contribution is 2.17. The monoisotopic (exact) mass is 234 g/mol. The molecule has 0 spiro atoms. The van der Waals surface area contributed by atoms with Gasteiger partial charge in [0.2, 0.25) is 5.76 Å². The van der Waals surface area contributed by atoms with Gasteiger partial charge in [-0.1, -0.05) is 11.2 Å². The normalized spacial score (nSPS) is 10.3. The number of halogens is 1. The lowest BCUT2D eigenvalue weighted by molar-refractivity contribution is 0.0988. The van der Waals surface area contributed by atoms with E-state index in [0.29, 0.717) is 11.4 Å². The molecule has 1 N–H and O–H groups in total. The average molecular weight is 234 g/mol. The van der Waals surface area contributed by atoms with Gasteiger partial charge in [0.25, 0.3) is 5.91 Å². The number of hydrogen-bond acceptors (Lipinski definition) is 3. The summed E-state index contributed by atoms with van der Waals surface area (Å²) in [5.74, 6) is -0.745. The Morgan fingerprint density at radius 2 is 2.12 bits per heavy atom. The molecule has 0 aliphatic carbocycles. The second kappa shape index (κ2) is 4.37. The number of rotatable bonds is 2. The number of anilines is 1. The Labute approximate surface area is 97.4 Å². The van der Waals surface area contributed by atoms with Crippen LogP contribution in [0.4, 0.5) is 10.1 Å². The van der Waals surface area contributed by atoms with Crippen molar-refractivity contribution >= 4 is 11.6 Å². The number of amides is 1. The molecule has 0 saturated heterocycles. The van der Waals surface area contributed by atoms with Gasteiger partial charge in [0.15, 0.2) is 0 Å². The van der Waals surface area contributed by atoms with Crippen molar-refractivity contribution in [1.29, 1.82) is 0 Å². The summed E-state index contributed by atoms with van der Waals surface area (Å²) < 4.78 is 17.8. The molecule has 5 heteroatoms. The molecule has 88 valence electrons. The lowest BCUT2D eigenvalue weighted by Crippen LogP contribution is -2.12. The van der Waals surface area contributed by atoms with Crippen LogP contribution in [0.15, 0.2) is 28.8 Å². The van der Waals surface area contributed by atoms with Crippen LogP contribution in [-0.2, 0) is 0 Å². The maximum absolute atomic E-state index is 13.0. The van der Waals surface area contributed by atoms with Crippen LogP contribution in [0, 0.1) is 19.7 Å². The molecular formula is C12H11FN2O2. The zero-order chi connectivity index (χ0) is 12.4. The van der Waals surface area contributed by atoms with Gasteiger partial charge in [-0.3, -0.25) is 4.79 Å². The van der Waals surface area contributed by atoms with Crippen molar-refractivity contribution < 1.29 is 13.7 Å². The van der Waals surface area contributed by atoms with Gasteiger partial charge in [-0.25, -0.2) is 4.39 Å². The van der Waals surface area contributed by atoms with Crippen molar-refractivity contribution in [3.05, 3.63) is 47.1 Å². The van der Waals surface area contributed by atoms with Crippen LogP contribution in [0.1, 0.15) is 21.8 Å². The molecule has 0 unspecified atom stereocenters. The minimum atomic E-state index is -0.445. The van der Waals surface area contributed by atoms with E-state index in [1.54, 1.807) is 19.9 Å². The summed E-state index contributed by atoms with van der Waals surface area (Å²) >= 11 is 0. The molecule has 2 aromatic rings. The van der Waals surface area contributed by atoms with Crippen LogP contribution < -0.4 is 5.32 Å². The number of carbonyl (C=O) groups is 1. The molecule has 17 heavy (non-hydrogen) atoms. The van der Waals surface area contributed by atoms with E-state index in [2.05, 4.69) is 10.5 Å². The maximum atomic E-state index is 13.0. The molecule has 0 fully saturated rings. The maximum Gasteiger partial charge on any atom is 0.294 e. The zero-order valence-electron chi connectivity index (χ0n) is 9.45. The molecule has 0 radical (unpaired) electrons. The smallest absolute Gasteiger partial charge is 0.294 e. The first-order valence-corrected chi connectivity index (χ1v) is 5.07. The number of nitrogens with zero attached hydrogens (tertiary/aromatic N) is 1. The molecule has 1 amide bonds. The van der Waals surface area contributed by atoms with E-state index in [1.165, 1.54) is 18.2 Å². The van der Waals surface area contributed by atoms with Gasteiger partial charge in [-0.15, -0.1) is 0 Å². The van der Waals surface area contributed by atoms with Crippen LogP contribution in [0.25, 0.3) is 0 Å². The molecule has 1 aromatic carbocycles. The van der Waals surface area contributed by atoms with Crippen molar-refractivity contribution in [3.8, 4) is 0 Å². The van der Waals surface area contributed by atoms with Gasteiger partial charge in [0.05, 0.1) is 5.69 Å². The predicted octanol–water partition coefficient (Wildman–Crippen LogP) is 2.68. The first-order valence-electron chi connectivity index (χ1n) is 5.07. The van der Waals surface area contributed by atoms with E-state index in [9.17, 15) is 9.18 Å². The van der Waals surface area contributed by atoms with E-state index in [1.807, 2.05) is 0 Å². The van der Waals surface area contributed by atoms with E-state index >= 15 is 0 Å². The number of carbonyl (C=O) groups excluding carboxylic acids is 1. The van der Waals surface area contributed by atoms with Crippen molar-refractivity contribution in [2.45, 2.75) is 13.8 Å². The Kier molecular flexibility index (Phi) is 2.91. The highest BCUT2D eigenvalue weighted by molar-refractivity contribution is 6.02. The van der Waals surface area contributed by atoms with Crippen LogP contribution in [0.2, 0.25) is 0 Å². The minimum Gasteiger partial charge on any atom is -0.351 e. The molecule has 0 aliphatic heterocycles. The van der Waals surface area contributed by atoms with Crippen molar-refractivity contribution in [3.63, 3.8) is 0 Å². The third-order valence-electron chi connectivity index (χ3n) is 2.30.